The molecule has 1 saturated heterocycles. The Bertz CT molecular complexity index is 615. The highest BCUT2D eigenvalue weighted by atomic mass is 16.1. The molecule has 1 aromatic heterocycles. The molecule has 1 aliphatic heterocycles. The van der Waals surface area contributed by atoms with Crippen molar-refractivity contribution in [2.45, 2.75) is 38.1 Å². The third-order valence-electron chi connectivity index (χ3n) is 5.26. The molecule has 3 atom stereocenters. The molecule has 19 heavy (non-hydrogen) atoms. The van der Waals surface area contributed by atoms with Crippen LogP contribution in [0.4, 0.5) is 0 Å². The summed E-state index contributed by atoms with van der Waals surface area (Å²) < 4.78 is 0. The Morgan fingerprint density at radius 1 is 1.37 bits per heavy atom. The quantitative estimate of drug-likeness (QED) is 0.698. The summed E-state index contributed by atoms with van der Waals surface area (Å²) in [4.78, 5) is 14.7. The number of nitrogens with one attached hydrogen (secondary N) is 2. The van der Waals surface area contributed by atoms with Gasteiger partial charge in [0.25, 0.3) is 0 Å². The normalized spacial score (nSPS) is 36.2. The van der Waals surface area contributed by atoms with Gasteiger partial charge in [0.15, 0.2) is 0 Å². The maximum absolute atomic E-state index is 11.6. The first kappa shape index (κ1) is 11.5. The molecule has 3 nitrogen and oxygen atoms in total. The van der Waals surface area contributed by atoms with Gasteiger partial charge >= 0.3 is 0 Å². The highest BCUT2D eigenvalue weighted by Crippen LogP contribution is 2.52. The number of fused-ring (bicyclic) bond motifs is 1. The fourth-order valence-electron chi connectivity index (χ4n) is 4.69. The van der Waals surface area contributed by atoms with Crippen LogP contribution in [0.5, 0.6) is 0 Å². The van der Waals surface area contributed by atoms with Crippen LogP contribution in [0.3, 0.4) is 0 Å². The number of hydrogen-bond acceptors (Lipinski definition) is 2. The van der Waals surface area contributed by atoms with E-state index in [4.69, 9.17) is 0 Å². The fourth-order valence-corrected chi connectivity index (χ4v) is 4.69. The molecule has 2 unspecified atom stereocenters. The molecular formula is C16H20N2O. The van der Waals surface area contributed by atoms with Crippen molar-refractivity contribution in [2.24, 2.45) is 11.8 Å². The van der Waals surface area contributed by atoms with E-state index in [2.05, 4.69) is 29.4 Å². The van der Waals surface area contributed by atoms with Crippen molar-refractivity contribution >= 4 is 0 Å². The van der Waals surface area contributed by atoms with Crippen LogP contribution >= 0.6 is 0 Å². The molecule has 0 spiro atoms. The average Bonchev–Trinajstić information content (AvgIpc) is 2.37. The number of piperidine rings is 1. The standard InChI is InChI=1S/C16H20N2O/c1-10-7-11-8-14-13(4-5-15(19)18-14)16(9-10)12(11)3-2-6-17-16/h4-5,7,11-12,17H,2-3,6,8-9H2,1H3,(H,18,19)/t11?,12?,16-/m0/s1. The lowest BCUT2D eigenvalue weighted by molar-refractivity contribution is 0.0883. The second-order valence-electron chi connectivity index (χ2n) is 6.42. The number of rotatable bonds is 0. The summed E-state index contributed by atoms with van der Waals surface area (Å²) in [6.07, 6.45) is 7.11. The molecule has 0 aromatic carbocycles. The molecule has 2 bridgehead atoms. The topological polar surface area (TPSA) is 44.9 Å². The third kappa shape index (κ3) is 1.51. The fraction of sp³-hybridized carbons (Fsp3) is 0.562. The minimum Gasteiger partial charge on any atom is -0.326 e. The molecule has 1 fully saturated rings. The van der Waals surface area contributed by atoms with Crippen molar-refractivity contribution < 1.29 is 0 Å². The Kier molecular flexibility index (Phi) is 2.31. The predicted octanol–water partition coefficient (Wildman–Crippen LogP) is 2.09. The maximum Gasteiger partial charge on any atom is 0.248 e. The molecule has 1 aromatic rings. The van der Waals surface area contributed by atoms with Crippen LogP contribution in [-0.2, 0) is 12.0 Å². The lowest BCUT2D eigenvalue weighted by Gasteiger charge is -2.54. The van der Waals surface area contributed by atoms with Crippen LogP contribution in [-0.4, -0.2) is 11.5 Å². The number of aromatic amines is 1. The Balaban J connectivity index is 1.95. The third-order valence-corrected chi connectivity index (χ3v) is 5.26. The van der Waals surface area contributed by atoms with E-state index in [-0.39, 0.29) is 11.1 Å². The molecule has 4 rings (SSSR count). The van der Waals surface area contributed by atoms with E-state index >= 15 is 0 Å². The van der Waals surface area contributed by atoms with Gasteiger partial charge in [-0.25, -0.2) is 0 Å². The van der Waals surface area contributed by atoms with Gasteiger partial charge in [0.1, 0.15) is 0 Å². The smallest absolute Gasteiger partial charge is 0.248 e. The van der Waals surface area contributed by atoms with E-state index in [1.807, 2.05) is 0 Å². The van der Waals surface area contributed by atoms with Gasteiger partial charge in [-0.15, -0.1) is 0 Å². The van der Waals surface area contributed by atoms with Gasteiger partial charge in [0.05, 0.1) is 5.54 Å². The van der Waals surface area contributed by atoms with Crippen molar-refractivity contribution in [2.75, 3.05) is 6.54 Å². The minimum atomic E-state index is 0.0307. The lowest BCUT2D eigenvalue weighted by Crippen LogP contribution is -2.58. The molecule has 2 N–H and O–H groups in total. The van der Waals surface area contributed by atoms with Crippen LogP contribution in [0.15, 0.2) is 28.6 Å². The van der Waals surface area contributed by atoms with Crippen LogP contribution in [0.2, 0.25) is 0 Å². The second-order valence-corrected chi connectivity index (χ2v) is 6.42. The van der Waals surface area contributed by atoms with Crippen molar-refractivity contribution in [1.29, 1.82) is 0 Å². The summed E-state index contributed by atoms with van der Waals surface area (Å²) in [5.74, 6) is 1.29. The summed E-state index contributed by atoms with van der Waals surface area (Å²) in [6, 6.07) is 3.75. The van der Waals surface area contributed by atoms with Crippen molar-refractivity contribution in [3.8, 4) is 0 Å². The van der Waals surface area contributed by atoms with Gasteiger partial charge in [-0.1, -0.05) is 11.6 Å². The second kappa shape index (κ2) is 3.83. The Morgan fingerprint density at radius 3 is 3.16 bits per heavy atom. The Hall–Kier alpha value is -1.35. The molecule has 3 heteroatoms. The van der Waals surface area contributed by atoms with Crippen molar-refractivity contribution in [3.05, 3.63) is 45.4 Å². The number of hydrogen-bond donors (Lipinski definition) is 2. The van der Waals surface area contributed by atoms with Crippen LogP contribution in [0.25, 0.3) is 0 Å². The highest BCUT2D eigenvalue weighted by Gasteiger charge is 2.51. The van der Waals surface area contributed by atoms with E-state index in [1.165, 1.54) is 24.0 Å². The molecule has 0 radical (unpaired) electrons. The van der Waals surface area contributed by atoms with Gasteiger partial charge in [-0.3, -0.25) is 4.79 Å². The molecule has 2 heterocycles. The summed E-state index contributed by atoms with van der Waals surface area (Å²) in [5, 5.41) is 3.81. The summed E-state index contributed by atoms with van der Waals surface area (Å²) in [7, 11) is 0. The molecular weight excluding hydrogens is 236 g/mol. The van der Waals surface area contributed by atoms with E-state index < -0.39 is 0 Å². The number of aromatic nitrogens is 1. The molecule has 2 aliphatic carbocycles. The van der Waals surface area contributed by atoms with E-state index in [0.717, 1.165) is 25.1 Å². The largest absolute Gasteiger partial charge is 0.326 e. The molecule has 3 aliphatic rings. The van der Waals surface area contributed by atoms with Gasteiger partial charge in [0.2, 0.25) is 5.56 Å². The van der Waals surface area contributed by atoms with E-state index in [9.17, 15) is 4.79 Å². The molecule has 0 saturated carbocycles. The number of pyridine rings is 1. The molecule has 100 valence electrons. The van der Waals surface area contributed by atoms with E-state index in [0.29, 0.717) is 11.8 Å². The zero-order valence-electron chi connectivity index (χ0n) is 11.3. The Morgan fingerprint density at radius 2 is 2.26 bits per heavy atom. The average molecular weight is 256 g/mol. The van der Waals surface area contributed by atoms with Crippen LogP contribution < -0.4 is 10.9 Å². The Labute approximate surface area is 113 Å². The van der Waals surface area contributed by atoms with E-state index in [1.54, 1.807) is 6.07 Å². The van der Waals surface area contributed by atoms with Crippen LogP contribution in [0.1, 0.15) is 37.4 Å². The highest BCUT2D eigenvalue weighted by molar-refractivity contribution is 5.39. The zero-order chi connectivity index (χ0) is 13.0. The SMILES string of the molecule is CC1=CC2Cc3[nH]c(=O)ccc3[C@@]3(C1)NCCCC23. The zero-order valence-corrected chi connectivity index (χ0v) is 11.3. The first-order valence-corrected chi connectivity index (χ1v) is 7.34. The summed E-state index contributed by atoms with van der Waals surface area (Å²) in [5.41, 5.74) is 4.11. The molecule has 0 amide bonds. The van der Waals surface area contributed by atoms with Gasteiger partial charge in [0, 0.05) is 11.8 Å². The number of H-pyrrole nitrogens is 1. The maximum atomic E-state index is 11.6. The van der Waals surface area contributed by atoms with Crippen LogP contribution in [0, 0.1) is 11.8 Å². The summed E-state index contributed by atoms with van der Waals surface area (Å²) in [6.45, 7) is 3.34. The summed E-state index contributed by atoms with van der Waals surface area (Å²) >= 11 is 0. The van der Waals surface area contributed by atoms with Crippen molar-refractivity contribution in [1.82, 2.24) is 10.3 Å². The van der Waals surface area contributed by atoms with Crippen molar-refractivity contribution in [3.63, 3.8) is 0 Å². The van der Waals surface area contributed by atoms with Gasteiger partial charge in [-0.05, 0) is 62.6 Å². The van der Waals surface area contributed by atoms with Gasteiger partial charge < -0.3 is 10.3 Å². The minimum absolute atomic E-state index is 0.0307. The number of allylic oxidation sites excluding steroid dienone is 1. The predicted molar refractivity (Wildman–Crippen MR) is 75.0 cm³/mol. The lowest BCUT2D eigenvalue weighted by atomic mass is 9.57. The van der Waals surface area contributed by atoms with Gasteiger partial charge in [-0.2, -0.15) is 0 Å². The first-order chi connectivity index (χ1) is 9.19. The monoisotopic (exact) mass is 256 g/mol. The first-order valence-electron chi connectivity index (χ1n) is 7.34.